The van der Waals surface area contributed by atoms with E-state index in [9.17, 15) is 4.79 Å². The van der Waals surface area contributed by atoms with Gasteiger partial charge < -0.3 is 14.6 Å². The Morgan fingerprint density at radius 2 is 1.88 bits per heavy atom. The monoisotopic (exact) mass is 486 g/mol. The highest BCUT2D eigenvalue weighted by molar-refractivity contribution is 6.35. The van der Waals surface area contributed by atoms with E-state index >= 15 is 0 Å². The van der Waals surface area contributed by atoms with Crippen molar-refractivity contribution in [2.45, 2.75) is 32.1 Å². The largest absolute Gasteiger partial charge is 0.417 e. The zero-order valence-corrected chi connectivity index (χ0v) is 20.0. The number of nitrogens with one attached hydrogen (secondary N) is 1. The minimum atomic E-state index is -0.350. The zero-order valence-electron chi connectivity index (χ0n) is 18.5. The number of amides is 1. The minimum absolute atomic E-state index is 0.0307. The third-order valence-electron chi connectivity index (χ3n) is 6.03. The van der Waals surface area contributed by atoms with Crippen molar-refractivity contribution in [1.82, 2.24) is 20.4 Å². The van der Waals surface area contributed by atoms with Gasteiger partial charge in [-0.1, -0.05) is 59.6 Å². The highest BCUT2D eigenvalue weighted by atomic mass is 35.5. The van der Waals surface area contributed by atoms with E-state index < -0.39 is 0 Å². The van der Waals surface area contributed by atoms with Crippen LogP contribution in [-0.4, -0.2) is 47.2 Å². The summed E-state index contributed by atoms with van der Waals surface area (Å²) in [5.41, 5.74) is 2.24. The van der Waals surface area contributed by atoms with E-state index in [-0.39, 0.29) is 11.8 Å². The molecule has 0 unspecified atom stereocenters. The summed E-state index contributed by atoms with van der Waals surface area (Å²) < 4.78 is 5.51. The Hall–Kier alpha value is -2.41. The quantitative estimate of drug-likeness (QED) is 0.428. The minimum Gasteiger partial charge on any atom is -0.417 e. The molecule has 0 radical (unpaired) electrons. The summed E-state index contributed by atoms with van der Waals surface area (Å²) in [6.07, 6.45) is 4.85. The maximum atomic E-state index is 12.3. The average molecular weight is 487 g/mol. The second-order valence-electron chi connectivity index (χ2n) is 8.50. The van der Waals surface area contributed by atoms with Crippen LogP contribution in [-0.2, 0) is 12.8 Å². The van der Waals surface area contributed by atoms with Crippen LogP contribution in [0.25, 0.3) is 0 Å². The van der Waals surface area contributed by atoms with Crippen LogP contribution in [0.5, 0.6) is 0 Å². The summed E-state index contributed by atoms with van der Waals surface area (Å²) >= 11 is 12.1. The van der Waals surface area contributed by atoms with E-state index in [1.165, 1.54) is 24.8 Å². The number of rotatable bonds is 9. The first kappa shape index (κ1) is 23.7. The first-order valence-electron chi connectivity index (χ1n) is 11.4. The maximum absolute atomic E-state index is 12.3. The van der Waals surface area contributed by atoms with E-state index in [0.717, 1.165) is 37.5 Å². The number of carbonyl (C=O) groups is 1. The van der Waals surface area contributed by atoms with Crippen molar-refractivity contribution in [2.75, 3.05) is 26.2 Å². The molecule has 174 valence electrons. The van der Waals surface area contributed by atoms with Crippen LogP contribution in [0, 0.1) is 5.92 Å². The third-order valence-corrected chi connectivity index (χ3v) is 6.62. The van der Waals surface area contributed by atoms with Gasteiger partial charge >= 0.3 is 11.8 Å². The molecule has 3 aromatic rings. The fourth-order valence-electron chi connectivity index (χ4n) is 4.19. The van der Waals surface area contributed by atoms with Gasteiger partial charge in [-0.3, -0.25) is 4.79 Å². The average Bonchev–Trinajstić information content (AvgIpc) is 3.29. The molecule has 8 heteroatoms. The lowest BCUT2D eigenvalue weighted by atomic mass is 9.90. The van der Waals surface area contributed by atoms with Crippen LogP contribution >= 0.6 is 23.2 Å². The lowest BCUT2D eigenvalue weighted by molar-refractivity contribution is 0.0914. The topological polar surface area (TPSA) is 71.3 Å². The Morgan fingerprint density at radius 3 is 2.64 bits per heavy atom. The molecule has 6 nitrogen and oxygen atoms in total. The molecule has 2 aromatic carbocycles. The Morgan fingerprint density at radius 1 is 1.09 bits per heavy atom. The number of piperidine rings is 1. The van der Waals surface area contributed by atoms with Gasteiger partial charge in [0.2, 0.25) is 5.89 Å². The van der Waals surface area contributed by atoms with Gasteiger partial charge in [0.15, 0.2) is 0 Å². The third kappa shape index (κ3) is 7.03. The van der Waals surface area contributed by atoms with E-state index in [4.69, 9.17) is 27.6 Å². The predicted molar refractivity (Wildman–Crippen MR) is 130 cm³/mol. The van der Waals surface area contributed by atoms with Crippen molar-refractivity contribution in [3.05, 3.63) is 81.5 Å². The van der Waals surface area contributed by atoms with Crippen LogP contribution in [0.1, 0.15) is 47.0 Å². The smallest absolute Gasteiger partial charge is 0.308 e. The molecule has 1 aliphatic rings. The summed E-state index contributed by atoms with van der Waals surface area (Å²) in [6.45, 7) is 3.78. The molecule has 1 aromatic heterocycles. The molecule has 2 heterocycles. The van der Waals surface area contributed by atoms with Crippen LogP contribution in [0.3, 0.4) is 0 Å². The molecular formula is C25H28Cl2N4O2. The first-order valence-corrected chi connectivity index (χ1v) is 12.1. The number of aromatic nitrogens is 2. The van der Waals surface area contributed by atoms with Crippen molar-refractivity contribution >= 4 is 29.1 Å². The molecule has 33 heavy (non-hydrogen) atoms. The lowest BCUT2D eigenvalue weighted by Crippen LogP contribution is -2.36. The van der Waals surface area contributed by atoms with Crippen molar-refractivity contribution in [3.63, 3.8) is 0 Å². The summed E-state index contributed by atoms with van der Waals surface area (Å²) in [7, 11) is 0. The van der Waals surface area contributed by atoms with Gasteiger partial charge in [-0.25, -0.2) is 0 Å². The summed E-state index contributed by atoms with van der Waals surface area (Å²) in [5.74, 6) is 0.718. The summed E-state index contributed by atoms with van der Waals surface area (Å²) in [6, 6.07) is 15.9. The second-order valence-corrected chi connectivity index (χ2v) is 9.34. The second kappa shape index (κ2) is 11.6. The van der Waals surface area contributed by atoms with Gasteiger partial charge in [0.25, 0.3) is 0 Å². The van der Waals surface area contributed by atoms with E-state index in [2.05, 4.69) is 50.7 Å². The van der Waals surface area contributed by atoms with E-state index in [0.29, 0.717) is 28.9 Å². The van der Waals surface area contributed by atoms with Gasteiger partial charge in [0.05, 0.1) is 6.42 Å². The van der Waals surface area contributed by atoms with Crippen molar-refractivity contribution in [3.8, 4) is 0 Å². The fourth-order valence-corrected chi connectivity index (χ4v) is 4.66. The number of hydrogen-bond donors (Lipinski definition) is 1. The van der Waals surface area contributed by atoms with E-state index in [1.54, 1.807) is 18.2 Å². The first-order chi connectivity index (χ1) is 16.1. The highest BCUT2D eigenvalue weighted by Gasteiger charge is 2.20. The van der Waals surface area contributed by atoms with Crippen LogP contribution in [0.2, 0.25) is 10.0 Å². The van der Waals surface area contributed by atoms with Crippen molar-refractivity contribution in [1.29, 1.82) is 0 Å². The maximum Gasteiger partial charge on any atom is 0.308 e. The Balaban J connectivity index is 1.14. The Kier molecular flexibility index (Phi) is 8.37. The summed E-state index contributed by atoms with van der Waals surface area (Å²) in [4.78, 5) is 14.8. The van der Waals surface area contributed by atoms with E-state index in [1.807, 2.05) is 0 Å². The Bertz CT molecular complexity index is 1050. The predicted octanol–water partition coefficient (Wildman–Crippen LogP) is 5.04. The van der Waals surface area contributed by atoms with Gasteiger partial charge in [0, 0.05) is 16.6 Å². The number of halogens is 2. The number of hydrogen-bond acceptors (Lipinski definition) is 5. The molecule has 0 saturated carbocycles. The molecule has 1 N–H and O–H groups in total. The fraction of sp³-hybridized carbons (Fsp3) is 0.400. The SMILES string of the molecule is O=C(NCCCN1CCC(Cc2ccccc2)CC1)c1nnc(Cc2ccc(Cl)cc2Cl)o1. The Labute approximate surface area is 204 Å². The van der Waals surface area contributed by atoms with Crippen molar-refractivity contribution in [2.24, 2.45) is 5.92 Å². The van der Waals surface area contributed by atoms with Gasteiger partial charge in [-0.2, -0.15) is 0 Å². The number of carbonyl (C=O) groups excluding carboxylic acids is 1. The van der Waals surface area contributed by atoms with Crippen molar-refractivity contribution < 1.29 is 9.21 Å². The standard InChI is InChI=1S/C25H28Cl2N4O2/c26-21-8-7-20(22(27)17-21)16-23-29-30-25(33-23)24(32)28-11-4-12-31-13-9-19(10-14-31)15-18-5-2-1-3-6-18/h1-3,5-8,17,19H,4,9-16H2,(H,28,32). The molecule has 1 saturated heterocycles. The molecule has 1 aliphatic heterocycles. The molecule has 0 spiro atoms. The van der Waals surface area contributed by atoms with Gasteiger partial charge in [-0.15, -0.1) is 10.2 Å². The molecule has 0 atom stereocenters. The molecule has 0 aliphatic carbocycles. The molecular weight excluding hydrogens is 459 g/mol. The van der Waals surface area contributed by atoms with Crippen LogP contribution in [0.4, 0.5) is 0 Å². The summed E-state index contributed by atoms with van der Waals surface area (Å²) in [5, 5.41) is 11.8. The number of likely N-dealkylation sites (tertiary alicyclic amines) is 1. The highest BCUT2D eigenvalue weighted by Crippen LogP contribution is 2.23. The molecule has 1 fully saturated rings. The van der Waals surface area contributed by atoms with Crippen LogP contribution < -0.4 is 5.32 Å². The zero-order chi connectivity index (χ0) is 23.0. The molecule has 0 bridgehead atoms. The van der Waals surface area contributed by atoms with Crippen LogP contribution in [0.15, 0.2) is 52.9 Å². The lowest BCUT2D eigenvalue weighted by Gasteiger charge is -2.32. The van der Waals surface area contributed by atoms with Gasteiger partial charge in [0.1, 0.15) is 0 Å². The molecule has 1 amide bonds. The molecule has 4 rings (SSSR count). The number of benzene rings is 2. The van der Waals surface area contributed by atoms with Gasteiger partial charge in [-0.05, 0) is 74.5 Å². The number of nitrogens with zero attached hydrogens (tertiary/aromatic N) is 3. The normalized spacial score (nSPS) is 15.0.